The van der Waals surface area contributed by atoms with Crippen molar-refractivity contribution in [3.05, 3.63) is 23.8 Å². The van der Waals surface area contributed by atoms with Crippen molar-refractivity contribution in [2.75, 3.05) is 20.2 Å². The minimum Gasteiger partial charge on any atom is -0.741 e. The number of hydrogen-bond donors (Lipinski definition) is 1. The molecule has 0 saturated heterocycles. The molecule has 0 aliphatic carbocycles. The number of hydrogen-bond acceptors (Lipinski definition) is 5. The van der Waals surface area contributed by atoms with Crippen LogP contribution in [0.1, 0.15) is 18.4 Å². The standard InChI is InChI=1S/C13H16N2O.CHF3O3S/c1-16-11-5-3-10-4-6-13-14-7-2-8-15(13)12(10)9-11;2-1(3,4)8(5,6)7/h3,5,9H,2,4,6-8H2,1H3;(H,5,6,7). The van der Waals surface area contributed by atoms with Crippen molar-refractivity contribution >= 4 is 21.6 Å². The summed E-state index contributed by atoms with van der Waals surface area (Å²) in [6, 6.07) is 6.41. The Kier molecular flexibility index (Phi) is 5.38. The second kappa shape index (κ2) is 6.98. The van der Waals surface area contributed by atoms with Crippen LogP contribution in [-0.2, 0) is 16.5 Å². The number of halogens is 3. The highest BCUT2D eigenvalue weighted by Crippen LogP contribution is 2.30. The number of fused-ring (bicyclic) bond motifs is 2. The fourth-order valence-corrected chi connectivity index (χ4v) is 2.58. The Morgan fingerprint density at radius 3 is 2.54 bits per heavy atom. The molecule has 10 heteroatoms. The molecule has 0 unspecified atom stereocenters. The first kappa shape index (κ1) is 18.5. The smallest absolute Gasteiger partial charge is 0.485 e. The van der Waals surface area contributed by atoms with Gasteiger partial charge in [-0.25, -0.2) is 13.0 Å². The van der Waals surface area contributed by atoms with E-state index in [1.807, 2.05) is 0 Å². The minimum absolute atomic E-state index is 0.950. The molecule has 1 aromatic carbocycles. The molecule has 2 heterocycles. The number of aryl methyl sites for hydroxylation is 1. The van der Waals surface area contributed by atoms with Crippen LogP contribution >= 0.6 is 0 Å². The van der Waals surface area contributed by atoms with Crippen LogP contribution in [0.2, 0.25) is 0 Å². The Balaban J connectivity index is 0.000000224. The van der Waals surface area contributed by atoms with Crippen molar-refractivity contribution in [1.29, 1.82) is 0 Å². The van der Waals surface area contributed by atoms with Crippen LogP contribution < -0.4 is 10.1 Å². The van der Waals surface area contributed by atoms with Gasteiger partial charge in [0.2, 0.25) is 5.84 Å². The third-order valence-electron chi connectivity index (χ3n) is 3.71. The summed E-state index contributed by atoms with van der Waals surface area (Å²) in [6.45, 7) is 2.24. The number of benzene rings is 1. The van der Waals surface area contributed by atoms with Gasteiger partial charge in [-0.3, -0.25) is 5.32 Å². The van der Waals surface area contributed by atoms with E-state index in [2.05, 4.69) is 28.1 Å². The van der Waals surface area contributed by atoms with Gasteiger partial charge in [0.25, 0.3) is 0 Å². The fourth-order valence-electron chi connectivity index (χ4n) is 2.58. The molecule has 0 fully saturated rings. The van der Waals surface area contributed by atoms with Gasteiger partial charge in [0.15, 0.2) is 10.1 Å². The number of rotatable bonds is 1. The second-order valence-corrected chi connectivity index (χ2v) is 6.64. The van der Waals surface area contributed by atoms with Gasteiger partial charge in [0, 0.05) is 12.5 Å². The van der Waals surface area contributed by atoms with E-state index in [0.29, 0.717) is 0 Å². The molecule has 0 saturated carbocycles. The van der Waals surface area contributed by atoms with E-state index < -0.39 is 15.6 Å². The van der Waals surface area contributed by atoms with Crippen molar-refractivity contribution in [1.82, 2.24) is 5.32 Å². The van der Waals surface area contributed by atoms with E-state index >= 15 is 0 Å². The second-order valence-electron chi connectivity index (χ2n) is 5.27. The molecule has 0 amide bonds. The van der Waals surface area contributed by atoms with Crippen LogP contribution in [0.3, 0.4) is 0 Å². The van der Waals surface area contributed by atoms with Crippen LogP contribution in [0.4, 0.5) is 18.9 Å². The lowest BCUT2D eigenvalue weighted by Gasteiger charge is -2.23. The van der Waals surface area contributed by atoms with Gasteiger partial charge in [0.05, 0.1) is 26.6 Å². The number of amidine groups is 1. The SMILES string of the molecule is COc1ccc2c(c1)[N+]1=C(CC2)NCCC1.O=S(=O)([O-])C(F)(F)F. The van der Waals surface area contributed by atoms with E-state index in [9.17, 15) is 13.2 Å². The van der Waals surface area contributed by atoms with E-state index in [1.165, 1.54) is 23.5 Å². The van der Waals surface area contributed by atoms with Crippen LogP contribution in [0, 0.1) is 0 Å². The van der Waals surface area contributed by atoms with Crippen LogP contribution in [0.5, 0.6) is 5.75 Å². The number of nitrogens with one attached hydrogen (secondary N) is 1. The molecule has 1 N–H and O–H groups in total. The number of methoxy groups -OCH3 is 1. The molecule has 3 rings (SSSR count). The third-order valence-corrected chi connectivity index (χ3v) is 4.28. The van der Waals surface area contributed by atoms with E-state index in [0.717, 1.165) is 31.7 Å². The zero-order chi connectivity index (χ0) is 18.0. The first-order chi connectivity index (χ1) is 11.1. The monoisotopic (exact) mass is 366 g/mol. The lowest BCUT2D eigenvalue weighted by molar-refractivity contribution is -0.451. The maximum atomic E-state index is 10.7. The molecule has 0 atom stereocenters. The van der Waals surface area contributed by atoms with E-state index in [4.69, 9.17) is 17.7 Å². The Bertz CT molecular complexity index is 745. The molecular weight excluding hydrogens is 349 g/mol. The number of nitrogens with zero attached hydrogens (tertiary/aromatic N) is 1. The molecule has 2 aliphatic rings. The highest BCUT2D eigenvalue weighted by Gasteiger charge is 2.36. The molecular formula is C14H17F3N2O4S. The van der Waals surface area contributed by atoms with E-state index in [-0.39, 0.29) is 0 Å². The topological polar surface area (TPSA) is 81.5 Å². The van der Waals surface area contributed by atoms with Gasteiger partial charge in [0.1, 0.15) is 11.4 Å². The van der Waals surface area contributed by atoms with Crippen molar-refractivity contribution < 1.29 is 35.5 Å². The van der Waals surface area contributed by atoms with Gasteiger partial charge in [-0.2, -0.15) is 13.2 Å². The molecule has 0 radical (unpaired) electrons. The summed E-state index contributed by atoms with van der Waals surface area (Å²) in [4.78, 5) is 0. The van der Waals surface area contributed by atoms with Gasteiger partial charge in [-0.15, -0.1) is 0 Å². The average molecular weight is 366 g/mol. The quantitative estimate of drug-likeness (QED) is 0.465. The third kappa shape index (κ3) is 4.18. The Morgan fingerprint density at radius 2 is 1.96 bits per heavy atom. The highest BCUT2D eigenvalue weighted by atomic mass is 32.2. The molecule has 1 aromatic rings. The first-order valence-electron chi connectivity index (χ1n) is 7.20. The van der Waals surface area contributed by atoms with Crippen molar-refractivity contribution in [2.24, 2.45) is 0 Å². The van der Waals surface area contributed by atoms with Gasteiger partial charge in [-0.05, 0) is 18.1 Å². The maximum absolute atomic E-state index is 10.7. The highest BCUT2D eigenvalue weighted by molar-refractivity contribution is 7.86. The molecule has 0 spiro atoms. The summed E-state index contributed by atoms with van der Waals surface area (Å²) >= 11 is 0. The lowest BCUT2D eigenvalue weighted by Crippen LogP contribution is -2.41. The van der Waals surface area contributed by atoms with Crippen LogP contribution in [0.15, 0.2) is 18.2 Å². The summed E-state index contributed by atoms with van der Waals surface area (Å²) in [5.74, 6) is 2.33. The molecule has 24 heavy (non-hydrogen) atoms. The van der Waals surface area contributed by atoms with Gasteiger partial charge < -0.3 is 9.29 Å². The predicted octanol–water partition coefficient (Wildman–Crippen LogP) is 1.73. The van der Waals surface area contributed by atoms with E-state index in [1.54, 1.807) is 7.11 Å². The lowest BCUT2D eigenvalue weighted by atomic mass is 10.0. The van der Waals surface area contributed by atoms with Crippen molar-refractivity contribution in [3.8, 4) is 5.75 Å². The summed E-state index contributed by atoms with van der Waals surface area (Å²) < 4.78 is 66.6. The summed E-state index contributed by atoms with van der Waals surface area (Å²) in [5.41, 5.74) is -2.88. The van der Waals surface area contributed by atoms with Crippen molar-refractivity contribution in [3.63, 3.8) is 0 Å². The zero-order valence-electron chi connectivity index (χ0n) is 12.9. The minimum atomic E-state index is -6.09. The maximum Gasteiger partial charge on any atom is 0.485 e. The Morgan fingerprint density at radius 1 is 1.29 bits per heavy atom. The molecule has 6 nitrogen and oxygen atoms in total. The largest absolute Gasteiger partial charge is 0.741 e. The van der Waals surface area contributed by atoms with Gasteiger partial charge >= 0.3 is 5.51 Å². The molecule has 134 valence electrons. The van der Waals surface area contributed by atoms with Crippen molar-refractivity contribution in [2.45, 2.75) is 24.8 Å². The van der Waals surface area contributed by atoms with Crippen LogP contribution in [-0.4, -0.2) is 49.1 Å². The Labute approximate surface area is 137 Å². The summed E-state index contributed by atoms with van der Waals surface area (Å²) in [5, 5.41) is 3.50. The summed E-state index contributed by atoms with van der Waals surface area (Å²) in [6.07, 6.45) is 3.48. The number of alkyl halides is 3. The Hall–Kier alpha value is -1.81. The molecule has 0 bridgehead atoms. The fraction of sp³-hybridized carbons (Fsp3) is 0.500. The zero-order valence-corrected chi connectivity index (χ0v) is 13.7. The predicted molar refractivity (Wildman–Crippen MR) is 79.5 cm³/mol. The normalized spacial score (nSPS) is 17.0. The van der Waals surface area contributed by atoms with Gasteiger partial charge in [-0.1, -0.05) is 6.07 Å². The summed E-state index contributed by atoms with van der Waals surface area (Å²) in [7, 11) is -4.36. The average Bonchev–Trinajstić information content (AvgIpc) is 2.53. The first-order valence-corrected chi connectivity index (χ1v) is 8.60. The molecule has 2 aliphatic heterocycles. The van der Waals surface area contributed by atoms with Crippen LogP contribution in [0.25, 0.3) is 0 Å². The number of ether oxygens (including phenoxy) is 1. The molecule has 0 aromatic heterocycles.